The van der Waals surface area contributed by atoms with Gasteiger partial charge in [0.15, 0.2) is 0 Å². The van der Waals surface area contributed by atoms with Crippen LogP contribution in [0, 0.1) is 5.92 Å². The van der Waals surface area contributed by atoms with Crippen molar-refractivity contribution in [1.82, 2.24) is 4.90 Å². The Morgan fingerprint density at radius 3 is 2.71 bits per heavy atom. The van der Waals surface area contributed by atoms with Crippen LogP contribution in [-0.2, 0) is 9.59 Å². The van der Waals surface area contributed by atoms with Gasteiger partial charge in [-0.1, -0.05) is 35.8 Å². The molecule has 0 N–H and O–H groups in total. The molecular weight excluding hydrogens is 332 g/mol. The minimum absolute atomic E-state index is 0.0172. The molecule has 1 saturated heterocycles. The van der Waals surface area contributed by atoms with Crippen LogP contribution in [0.4, 0.5) is 5.69 Å². The van der Waals surface area contributed by atoms with Gasteiger partial charge >= 0.3 is 0 Å². The van der Waals surface area contributed by atoms with Gasteiger partial charge in [0.1, 0.15) is 6.04 Å². The first-order valence-electron chi connectivity index (χ1n) is 7.26. The summed E-state index contributed by atoms with van der Waals surface area (Å²) in [6, 6.07) is 7.29. The van der Waals surface area contributed by atoms with Crippen LogP contribution in [0.1, 0.15) is 27.2 Å². The van der Waals surface area contributed by atoms with Crippen LogP contribution in [-0.4, -0.2) is 35.8 Å². The third-order valence-corrected chi connectivity index (χ3v) is 4.17. The molecule has 0 unspecified atom stereocenters. The first-order valence-corrected chi connectivity index (χ1v) is 8.06. The first kappa shape index (κ1) is 16.0. The average Bonchev–Trinajstić information content (AvgIpc) is 2.40. The second-order valence-corrected chi connectivity index (χ2v) is 6.75. The summed E-state index contributed by atoms with van der Waals surface area (Å²) in [5.41, 5.74) is 0.872. The molecule has 0 saturated carbocycles. The van der Waals surface area contributed by atoms with E-state index >= 15 is 0 Å². The van der Waals surface area contributed by atoms with Crippen LogP contribution in [0.15, 0.2) is 28.7 Å². The van der Waals surface area contributed by atoms with Crippen molar-refractivity contribution in [3.05, 3.63) is 28.7 Å². The largest absolute Gasteiger partial charge is 0.329 e. The van der Waals surface area contributed by atoms with Crippen molar-refractivity contribution >= 4 is 33.4 Å². The summed E-state index contributed by atoms with van der Waals surface area (Å²) in [7, 11) is 0. The fourth-order valence-corrected chi connectivity index (χ4v) is 2.97. The van der Waals surface area contributed by atoms with Gasteiger partial charge in [-0.2, -0.15) is 0 Å². The number of carbonyl (C=O) groups is 2. The Labute approximate surface area is 134 Å². The highest BCUT2D eigenvalue weighted by molar-refractivity contribution is 9.10. The number of piperazine rings is 1. The van der Waals surface area contributed by atoms with Crippen molar-refractivity contribution in [1.29, 1.82) is 0 Å². The maximum atomic E-state index is 12.6. The van der Waals surface area contributed by atoms with E-state index in [0.717, 1.165) is 10.2 Å². The number of hydrogen-bond donors (Lipinski definition) is 0. The zero-order valence-electron chi connectivity index (χ0n) is 12.7. The van der Waals surface area contributed by atoms with Crippen molar-refractivity contribution in [3.8, 4) is 0 Å². The predicted octanol–water partition coefficient (Wildman–Crippen LogP) is 3.06. The van der Waals surface area contributed by atoms with Crippen LogP contribution in [0.25, 0.3) is 0 Å². The number of halogens is 1. The summed E-state index contributed by atoms with van der Waals surface area (Å²) in [4.78, 5) is 28.2. The summed E-state index contributed by atoms with van der Waals surface area (Å²) in [5, 5.41) is 0. The molecule has 0 bridgehead atoms. The summed E-state index contributed by atoms with van der Waals surface area (Å²) >= 11 is 3.42. The van der Waals surface area contributed by atoms with E-state index < -0.39 is 6.04 Å². The van der Waals surface area contributed by atoms with Crippen LogP contribution >= 0.6 is 15.9 Å². The Balaban J connectivity index is 2.13. The van der Waals surface area contributed by atoms with E-state index in [-0.39, 0.29) is 11.8 Å². The zero-order chi connectivity index (χ0) is 15.6. The highest BCUT2D eigenvalue weighted by Gasteiger charge is 2.34. The normalized spacial score (nSPS) is 19.3. The number of rotatable bonds is 3. The molecule has 114 valence electrons. The van der Waals surface area contributed by atoms with Crippen molar-refractivity contribution in [2.45, 2.75) is 33.2 Å². The van der Waals surface area contributed by atoms with E-state index in [0.29, 0.717) is 25.4 Å². The van der Waals surface area contributed by atoms with Crippen molar-refractivity contribution in [3.63, 3.8) is 0 Å². The van der Waals surface area contributed by atoms with E-state index in [1.54, 1.807) is 9.80 Å². The molecule has 1 heterocycles. The molecule has 1 aromatic carbocycles. The molecule has 1 aliphatic rings. The SMILES string of the molecule is CC(C)CC(=O)N1CCN(c2cccc(Br)c2)C(=O)[C@H]1C. The Hall–Kier alpha value is -1.36. The standard InChI is InChI=1S/C16H21BrN2O2/c1-11(2)9-15(20)18-7-8-19(16(21)12(18)3)14-6-4-5-13(17)10-14/h4-6,10-12H,7-9H2,1-3H3/t12-/m1/s1. The van der Waals surface area contributed by atoms with Crippen molar-refractivity contribution < 1.29 is 9.59 Å². The average molecular weight is 353 g/mol. The van der Waals surface area contributed by atoms with Crippen molar-refractivity contribution in [2.75, 3.05) is 18.0 Å². The molecule has 21 heavy (non-hydrogen) atoms. The van der Waals surface area contributed by atoms with Gasteiger partial charge in [0.25, 0.3) is 0 Å². The Morgan fingerprint density at radius 2 is 2.10 bits per heavy atom. The lowest BCUT2D eigenvalue weighted by molar-refractivity contribution is -0.141. The van der Waals surface area contributed by atoms with E-state index in [9.17, 15) is 9.59 Å². The molecule has 1 aliphatic heterocycles. The Bertz CT molecular complexity index is 545. The molecule has 4 nitrogen and oxygen atoms in total. The van der Waals surface area contributed by atoms with Crippen LogP contribution in [0.3, 0.4) is 0 Å². The minimum atomic E-state index is -0.399. The van der Waals surface area contributed by atoms with Gasteiger partial charge in [-0.3, -0.25) is 9.59 Å². The molecule has 2 amide bonds. The molecule has 2 rings (SSSR count). The summed E-state index contributed by atoms with van der Waals surface area (Å²) in [5.74, 6) is 0.360. The predicted molar refractivity (Wildman–Crippen MR) is 87.1 cm³/mol. The molecule has 0 aromatic heterocycles. The summed E-state index contributed by atoms with van der Waals surface area (Å²) in [6.07, 6.45) is 0.495. The Morgan fingerprint density at radius 1 is 1.38 bits per heavy atom. The second-order valence-electron chi connectivity index (χ2n) is 5.83. The maximum absolute atomic E-state index is 12.6. The van der Waals surface area contributed by atoms with Crippen LogP contribution in [0.2, 0.25) is 0 Å². The molecule has 0 aliphatic carbocycles. The summed E-state index contributed by atoms with van der Waals surface area (Å²) < 4.78 is 0.943. The monoisotopic (exact) mass is 352 g/mol. The smallest absolute Gasteiger partial charge is 0.249 e. The highest BCUT2D eigenvalue weighted by Crippen LogP contribution is 2.24. The lowest BCUT2D eigenvalue weighted by Gasteiger charge is -2.39. The third kappa shape index (κ3) is 3.64. The lowest BCUT2D eigenvalue weighted by atomic mass is 10.1. The molecule has 1 atom stereocenters. The molecule has 5 heteroatoms. The third-order valence-electron chi connectivity index (χ3n) is 3.68. The van der Waals surface area contributed by atoms with E-state index in [4.69, 9.17) is 0 Å². The van der Waals surface area contributed by atoms with Gasteiger partial charge in [0.2, 0.25) is 11.8 Å². The number of anilines is 1. The molecule has 0 spiro atoms. The maximum Gasteiger partial charge on any atom is 0.249 e. The van der Waals surface area contributed by atoms with E-state index in [1.807, 2.05) is 45.0 Å². The van der Waals surface area contributed by atoms with E-state index in [1.165, 1.54) is 0 Å². The lowest BCUT2D eigenvalue weighted by Crippen LogP contribution is -2.57. The van der Waals surface area contributed by atoms with Gasteiger partial charge in [-0.05, 0) is 31.0 Å². The number of carbonyl (C=O) groups excluding carboxylic acids is 2. The zero-order valence-corrected chi connectivity index (χ0v) is 14.3. The quantitative estimate of drug-likeness (QED) is 0.838. The molecule has 0 radical (unpaired) electrons. The van der Waals surface area contributed by atoms with Gasteiger partial charge in [-0.15, -0.1) is 0 Å². The topological polar surface area (TPSA) is 40.6 Å². The molecular formula is C16H21BrN2O2. The van der Waals surface area contributed by atoms with Crippen molar-refractivity contribution in [2.24, 2.45) is 5.92 Å². The number of amides is 2. The fourth-order valence-electron chi connectivity index (χ4n) is 2.58. The van der Waals surface area contributed by atoms with Crippen LogP contribution < -0.4 is 4.90 Å². The van der Waals surface area contributed by atoms with E-state index in [2.05, 4.69) is 15.9 Å². The molecule has 1 aromatic rings. The van der Waals surface area contributed by atoms with Gasteiger partial charge < -0.3 is 9.80 Å². The number of hydrogen-bond acceptors (Lipinski definition) is 2. The Kier molecular flexibility index (Phi) is 5.04. The minimum Gasteiger partial charge on any atom is -0.329 e. The fraction of sp³-hybridized carbons (Fsp3) is 0.500. The second kappa shape index (κ2) is 6.60. The van der Waals surface area contributed by atoms with Crippen LogP contribution in [0.5, 0.6) is 0 Å². The first-order chi connectivity index (χ1) is 9.90. The molecule has 1 fully saturated rings. The highest BCUT2D eigenvalue weighted by atomic mass is 79.9. The van der Waals surface area contributed by atoms with Gasteiger partial charge in [-0.25, -0.2) is 0 Å². The van der Waals surface area contributed by atoms with Gasteiger partial charge in [0.05, 0.1) is 0 Å². The number of benzene rings is 1. The van der Waals surface area contributed by atoms with Gasteiger partial charge in [0, 0.05) is 29.7 Å². The summed E-state index contributed by atoms with van der Waals surface area (Å²) in [6.45, 7) is 6.98. The number of nitrogens with zero attached hydrogens (tertiary/aromatic N) is 2.